The number of nitrogens with zero attached hydrogens (tertiary/aromatic N) is 1. The molecule has 2 aliphatic heterocycles. The molecule has 1 fully saturated rings. The van der Waals surface area contributed by atoms with Gasteiger partial charge in [0.25, 0.3) is 0 Å². The zero-order valence-corrected chi connectivity index (χ0v) is 16.0. The Hall–Kier alpha value is -3.10. The highest BCUT2D eigenvalue weighted by Crippen LogP contribution is 2.40. The average molecular weight is 417 g/mol. The molecule has 0 amide bonds. The number of halogens is 2. The summed E-state index contributed by atoms with van der Waals surface area (Å²) in [6.45, 7) is 0.376. The molecule has 2 N–H and O–H groups in total. The van der Waals surface area contributed by atoms with Crippen LogP contribution in [0.3, 0.4) is 0 Å². The fourth-order valence-electron chi connectivity index (χ4n) is 3.98. The van der Waals surface area contributed by atoms with Gasteiger partial charge in [0.05, 0.1) is 0 Å². The average Bonchev–Trinajstić information content (AvgIpc) is 2.70. The van der Waals surface area contributed by atoms with Gasteiger partial charge in [0.15, 0.2) is 6.23 Å². The van der Waals surface area contributed by atoms with Crippen molar-refractivity contribution in [1.29, 1.82) is 0 Å². The Morgan fingerprint density at radius 3 is 1.97 bits per heavy atom. The number of piperidine rings is 1. The van der Waals surface area contributed by atoms with Gasteiger partial charge in [-0.05, 0) is 47.7 Å². The van der Waals surface area contributed by atoms with Gasteiger partial charge in [-0.3, -0.25) is 0 Å². The molecule has 0 aliphatic carbocycles. The van der Waals surface area contributed by atoms with Crippen molar-refractivity contribution in [3.63, 3.8) is 0 Å². The molecule has 1 saturated heterocycles. The van der Waals surface area contributed by atoms with Crippen LogP contribution in [-0.4, -0.2) is 35.3 Å². The van der Waals surface area contributed by atoms with E-state index in [1.54, 1.807) is 24.3 Å². The van der Waals surface area contributed by atoms with Crippen LogP contribution in [0.15, 0.2) is 60.7 Å². The van der Waals surface area contributed by atoms with Crippen molar-refractivity contribution in [3.05, 3.63) is 83.4 Å². The van der Waals surface area contributed by atoms with Gasteiger partial charge in [0.1, 0.15) is 11.6 Å². The molecule has 2 aliphatic rings. The Morgan fingerprint density at radius 2 is 1.40 bits per heavy atom. The molecule has 2 aromatic rings. The zero-order valence-electron chi connectivity index (χ0n) is 16.0. The summed E-state index contributed by atoms with van der Waals surface area (Å²) in [4.78, 5) is 28.9. The van der Waals surface area contributed by atoms with Gasteiger partial charge in [-0.15, -0.1) is 0 Å². The number of benzene rings is 2. The van der Waals surface area contributed by atoms with Gasteiger partial charge in [-0.25, -0.2) is 18.4 Å². The topological polar surface area (TPSA) is 87.3 Å². The van der Waals surface area contributed by atoms with Crippen LogP contribution in [0.2, 0.25) is 0 Å². The van der Waals surface area contributed by atoms with E-state index in [2.05, 4.69) is 0 Å². The minimum Gasteiger partial charge on any atom is -0.440 e. The van der Waals surface area contributed by atoms with Crippen LogP contribution in [0.4, 0.5) is 8.78 Å². The highest BCUT2D eigenvalue weighted by Gasteiger charge is 2.38. The lowest BCUT2D eigenvalue weighted by molar-refractivity contribution is -0.252. The van der Waals surface area contributed by atoms with E-state index in [1.165, 1.54) is 29.3 Å². The molecule has 2 unspecified atom stereocenters. The number of esters is 1. The van der Waals surface area contributed by atoms with Crippen LogP contribution in [0.5, 0.6) is 0 Å². The summed E-state index contributed by atoms with van der Waals surface area (Å²) < 4.78 is 32.4. The van der Waals surface area contributed by atoms with Crippen molar-refractivity contribution in [3.8, 4) is 0 Å². The van der Waals surface area contributed by atoms with Gasteiger partial charge in [0, 0.05) is 31.0 Å². The summed E-state index contributed by atoms with van der Waals surface area (Å²) in [5.41, 5.74) is 1.76. The molecular weight excluding hydrogens is 396 g/mol. The number of hydroxylamine groups is 2. The predicted molar refractivity (Wildman–Crippen MR) is 103 cm³/mol. The SMILES string of the molecule is O.O=C1/C=C/C(=O)ON2CCC(C(c3ccc(F)cc3)c3ccc(F)cc3)CC2O1. The van der Waals surface area contributed by atoms with E-state index in [9.17, 15) is 18.4 Å². The number of rotatable bonds is 3. The maximum absolute atomic E-state index is 13.5. The van der Waals surface area contributed by atoms with E-state index in [0.717, 1.165) is 23.3 Å². The van der Waals surface area contributed by atoms with Crippen LogP contribution >= 0.6 is 0 Å². The molecule has 0 saturated carbocycles. The molecule has 2 atom stereocenters. The summed E-state index contributed by atoms with van der Waals surface area (Å²) in [6, 6.07) is 12.4. The third kappa shape index (κ3) is 4.72. The molecule has 0 spiro atoms. The summed E-state index contributed by atoms with van der Waals surface area (Å²) in [7, 11) is 0. The summed E-state index contributed by atoms with van der Waals surface area (Å²) in [5.74, 6) is -2.07. The van der Waals surface area contributed by atoms with Crippen molar-refractivity contribution in [2.75, 3.05) is 6.54 Å². The molecule has 4 rings (SSSR count). The number of carbonyl (C=O) groups excluding carboxylic acids is 2. The normalized spacial score (nSPS) is 22.8. The Labute approximate surface area is 172 Å². The van der Waals surface area contributed by atoms with Crippen molar-refractivity contribution >= 4 is 11.9 Å². The van der Waals surface area contributed by atoms with Crippen molar-refractivity contribution in [1.82, 2.24) is 5.06 Å². The molecule has 0 radical (unpaired) electrons. The highest BCUT2D eigenvalue weighted by molar-refractivity contribution is 5.92. The number of hydrogen-bond acceptors (Lipinski definition) is 5. The first kappa shape index (κ1) is 21.6. The second-order valence-corrected chi connectivity index (χ2v) is 7.14. The number of carbonyl (C=O) groups is 2. The third-order valence-electron chi connectivity index (χ3n) is 5.29. The molecule has 158 valence electrons. The maximum atomic E-state index is 13.5. The lowest BCUT2D eigenvalue weighted by Crippen LogP contribution is -2.47. The second-order valence-electron chi connectivity index (χ2n) is 7.14. The first-order valence-electron chi connectivity index (χ1n) is 9.38. The smallest absolute Gasteiger partial charge is 0.350 e. The Bertz CT molecular complexity index is 884. The van der Waals surface area contributed by atoms with Crippen LogP contribution in [-0.2, 0) is 19.2 Å². The second kappa shape index (κ2) is 9.15. The quantitative estimate of drug-likeness (QED) is 0.717. The fraction of sp³-hybridized carbons (Fsp3) is 0.273. The Morgan fingerprint density at radius 1 is 0.867 bits per heavy atom. The van der Waals surface area contributed by atoms with E-state index in [1.807, 2.05) is 0 Å². The van der Waals surface area contributed by atoms with Crippen molar-refractivity contribution < 1.29 is 33.4 Å². The van der Waals surface area contributed by atoms with Gasteiger partial charge in [0.2, 0.25) is 0 Å². The summed E-state index contributed by atoms with van der Waals surface area (Å²) >= 11 is 0. The number of hydrogen-bond donors (Lipinski definition) is 0. The zero-order chi connectivity index (χ0) is 20.4. The first-order valence-corrected chi connectivity index (χ1v) is 9.38. The van der Waals surface area contributed by atoms with Crippen LogP contribution in [0.1, 0.15) is 29.9 Å². The van der Waals surface area contributed by atoms with Gasteiger partial charge >= 0.3 is 11.9 Å². The largest absolute Gasteiger partial charge is 0.440 e. The van der Waals surface area contributed by atoms with E-state index < -0.39 is 18.2 Å². The van der Waals surface area contributed by atoms with Crippen molar-refractivity contribution in [2.45, 2.75) is 25.0 Å². The number of fused-ring (bicyclic) bond motifs is 1. The van der Waals surface area contributed by atoms with E-state index in [-0.39, 0.29) is 28.9 Å². The third-order valence-corrected chi connectivity index (χ3v) is 5.29. The molecule has 0 aromatic heterocycles. The maximum Gasteiger partial charge on any atom is 0.350 e. The standard InChI is InChI=1S/C22H19F2NO4.H2O/c23-17-5-1-14(2-6-17)22(15-3-7-18(24)8-4-15)16-11-12-25-19(13-16)28-20(26)9-10-21(27)29-25;/h1-10,16,19,22H,11-13H2;1H2/b10-9+;. The molecule has 6 nitrogen and oxygen atoms in total. The number of ether oxygens (including phenoxy) is 1. The van der Waals surface area contributed by atoms with Crippen LogP contribution < -0.4 is 0 Å². The van der Waals surface area contributed by atoms with Gasteiger partial charge in [-0.2, -0.15) is 0 Å². The first-order chi connectivity index (χ1) is 14.0. The monoisotopic (exact) mass is 417 g/mol. The summed E-state index contributed by atoms with van der Waals surface area (Å²) in [6.07, 6.45) is 2.40. The highest BCUT2D eigenvalue weighted by atomic mass is 19.1. The van der Waals surface area contributed by atoms with Gasteiger partial charge < -0.3 is 15.1 Å². The molecule has 0 bridgehead atoms. The minimum absolute atomic E-state index is 0. The van der Waals surface area contributed by atoms with Crippen LogP contribution in [0.25, 0.3) is 0 Å². The predicted octanol–water partition coefficient (Wildman–Crippen LogP) is 2.88. The Kier molecular flexibility index (Phi) is 6.59. The lowest BCUT2D eigenvalue weighted by atomic mass is 9.76. The molecule has 30 heavy (non-hydrogen) atoms. The fourth-order valence-corrected chi connectivity index (χ4v) is 3.98. The van der Waals surface area contributed by atoms with Crippen LogP contribution in [0, 0.1) is 17.6 Å². The minimum atomic E-state index is -0.724. The van der Waals surface area contributed by atoms with E-state index in [0.29, 0.717) is 19.4 Å². The van der Waals surface area contributed by atoms with Gasteiger partial charge in [-0.1, -0.05) is 29.3 Å². The molecule has 2 aromatic carbocycles. The summed E-state index contributed by atoms with van der Waals surface area (Å²) in [5, 5.41) is 1.38. The van der Waals surface area contributed by atoms with E-state index >= 15 is 0 Å². The molecular formula is C22H21F2NO5. The molecule has 2 heterocycles. The molecule has 8 heteroatoms. The van der Waals surface area contributed by atoms with Crippen molar-refractivity contribution in [2.24, 2.45) is 5.92 Å². The van der Waals surface area contributed by atoms with E-state index in [4.69, 9.17) is 9.57 Å². The Balaban J connectivity index is 0.00000256. The lowest BCUT2D eigenvalue weighted by Gasteiger charge is -2.40.